The first-order valence-corrected chi connectivity index (χ1v) is 8.37. The lowest BCUT2D eigenvalue weighted by Gasteiger charge is -2.25. The lowest BCUT2D eigenvalue weighted by Crippen LogP contribution is -2.33. The molecule has 0 bridgehead atoms. The van der Waals surface area contributed by atoms with Crippen LogP contribution in [0.2, 0.25) is 5.02 Å². The highest BCUT2D eigenvalue weighted by atomic mass is 35.5. The first kappa shape index (κ1) is 15.7. The second-order valence-electron chi connectivity index (χ2n) is 5.11. The molecule has 2 N–H and O–H groups in total. The average Bonchev–Trinajstić information content (AvgIpc) is 2.36. The smallest absolute Gasteiger partial charge is 0.242 e. The Bertz CT molecular complexity index is 579. The minimum absolute atomic E-state index is 0.118. The number of halogens is 2. The number of sulfonamides is 1. The summed E-state index contributed by atoms with van der Waals surface area (Å²) in [6, 6.07) is 3.18. The van der Waals surface area contributed by atoms with Gasteiger partial charge in [-0.3, -0.25) is 0 Å². The standard InChI is InChI=1S/C13H17ClFNO3S/c14-12-7-10(15)4-5-13(12)20(18,19)16-8-9-2-1-3-11(17)6-9/h4-5,7,9,11,16-17H,1-3,6,8H2. The Kier molecular flexibility index (Phi) is 5.01. The van der Waals surface area contributed by atoms with E-state index < -0.39 is 15.8 Å². The van der Waals surface area contributed by atoms with Crippen LogP contribution in [0, 0.1) is 11.7 Å². The summed E-state index contributed by atoms with van der Waals surface area (Å²) in [6.45, 7) is 0.257. The lowest BCUT2D eigenvalue weighted by atomic mass is 9.87. The fraction of sp³-hybridized carbons (Fsp3) is 0.538. The van der Waals surface area contributed by atoms with Crippen LogP contribution in [0.3, 0.4) is 0 Å². The second-order valence-corrected chi connectivity index (χ2v) is 7.26. The van der Waals surface area contributed by atoms with E-state index >= 15 is 0 Å². The molecule has 1 saturated carbocycles. The molecule has 0 aromatic heterocycles. The largest absolute Gasteiger partial charge is 0.393 e. The Balaban J connectivity index is 2.03. The molecule has 112 valence electrons. The molecule has 0 heterocycles. The first-order chi connectivity index (χ1) is 9.38. The average molecular weight is 322 g/mol. The normalized spacial score (nSPS) is 23.8. The molecule has 7 heteroatoms. The Morgan fingerprint density at radius 1 is 1.40 bits per heavy atom. The summed E-state index contributed by atoms with van der Waals surface area (Å²) in [7, 11) is -3.75. The van der Waals surface area contributed by atoms with E-state index in [0.29, 0.717) is 6.42 Å². The maximum Gasteiger partial charge on any atom is 0.242 e. The van der Waals surface area contributed by atoms with E-state index in [1.165, 1.54) is 0 Å². The number of benzene rings is 1. The van der Waals surface area contributed by atoms with Crippen LogP contribution >= 0.6 is 11.6 Å². The number of hydrogen-bond acceptors (Lipinski definition) is 3. The monoisotopic (exact) mass is 321 g/mol. The van der Waals surface area contributed by atoms with Crippen LogP contribution in [0.4, 0.5) is 4.39 Å². The third-order valence-corrected chi connectivity index (χ3v) is 5.41. The fourth-order valence-electron chi connectivity index (χ4n) is 2.45. The molecule has 0 radical (unpaired) electrons. The Morgan fingerprint density at radius 2 is 2.15 bits per heavy atom. The molecular formula is C13H17ClFNO3S. The lowest BCUT2D eigenvalue weighted by molar-refractivity contribution is 0.102. The summed E-state index contributed by atoms with van der Waals surface area (Å²) in [6.07, 6.45) is 2.79. The molecule has 20 heavy (non-hydrogen) atoms. The topological polar surface area (TPSA) is 66.4 Å². The predicted octanol–water partition coefficient (Wildman–Crippen LogP) is 2.31. The minimum atomic E-state index is -3.75. The molecule has 2 rings (SSSR count). The van der Waals surface area contributed by atoms with Crippen molar-refractivity contribution in [2.75, 3.05) is 6.54 Å². The number of hydrogen-bond donors (Lipinski definition) is 2. The van der Waals surface area contributed by atoms with Crippen LogP contribution in [0.5, 0.6) is 0 Å². The van der Waals surface area contributed by atoms with Crippen LogP contribution in [0.15, 0.2) is 23.1 Å². The van der Waals surface area contributed by atoms with Gasteiger partial charge >= 0.3 is 0 Å². The van der Waals surface area contributed by atoms with Crippen LogP contribution in [-0.2, 0) is 10.0 Å². The Morgan fingerprint density at radius 3 is 2.80 bits per heavy atom. The summed E-state index contributed by atoms with van der Waals surface area (Å²) in [5.41, 5.74) is 0. The minimum Gasteiger partial charge on any atom is -0.393 e. The van der Waals surface area contributed by atoms with Gasteiger partial charge in [0.15, 0.2) is 0 Å². The summed E-state index contributed by atoms with van der Waals surface area (Å²) < 4.78 is 39.6. The maximum absolute atomic E-state index is 12.9. The molecule has 2 atom stereocenters. The van der Waals surface area contributed by atoms with Crippen LogP contribution < -0.4 is 4.72 Å². The molecule has 0 amide bonds. The third kappa shape index (κ3) is 3.91. The molecule has 2 unspecified atom stereocenters. The summed E-state index contributed by atoms with van der Waals surface area (Å²) in [5.74, 6) is -0.461. The quantitative estimate of drug-likeness (QED) is 0.894. The van der Waals surface area contributed by atoms with Gasteiger partial charge in [-0.25, -0.2) is 17.5 Å². The zero-order valence-corrected chi connectivity index (χ0v) is 12.4. The second kappa shape index (κ2) is 6.39. The zero-order valence-electron chi connectivity index (χ0n) is 10.9. The van der Waals surface area contributed by atoms with Gasteiger partial charge < -0.3 is 5.11 Å². The fourth-order valence-corrected chi connectivity index (χ4v) is 4.09. The van der Waals surface area contributed by atoms with Crippen molar-refractivity contribution >= 4 is 21.6 Å². The highest BCUT2D eigenvalue weighted by Crippen LogP contribution is 2.25. The van der Waals surface area contributed by atoms with E-state index in [1.807, 2.05) is 0 Å². The number of aliphatic hydroxyl groups excluding tert-OH is 1. The molecule has 1 aliphatic carbocycles. The third-order valence-electron chi connectivity index (χ3n) is 3.50. The number of aliphatic hydroxyl groups is 1. The van der Waals surface area contributed by atoms with Gasteiger partial charge in [-0.05, 0) is 43.4 Å². The van der Waals surface area contributed by atoms with Crippen molar-refractivity contribution in [1.82, 2.24) is 4.72 Å². The van der Waals surface area contributed by atoms with Gasteiger partial charge in [-0.15, -0.1) is 0 Å². The molecule has 1 aromatic carbocycles. The molecule has 1 aliphatic rings. The molecule has 0 spiro atoms. The molecule has 0 saturated heterocycles. The zero-order chi connectivity index (χ0) is 14.8. The summed E-state index contributed by atoms with van der Waals surface area (Å²) >= 11 is 5.76. The van der Waals surface area contributed by atoms with Gasteiger partial charge in [0.1, 0.15) is 10.7 Å². The van der Waals surface area contributed by atoms with Crippen molar-refractivity contribution in [2.24, 2.45) is 5.92 Å². The molecular weight excluding hydrogens is 305 g/mol. The van der Waals surface area contributed by atoms with Crippen LogP contribution in [0.25, 0.3) is 0 Å². The van der Waals surface area contributed by atoms with Gasteiger partial charge in [0, 0.05) is 6.54 Å². The molecule has 0 aliphatic heterocycles. The van der Waals surface area contributed by atoms with Crippen molar-refractivity contribution in [3.05, 3.63) is 29.0 Å². The highest BCUT2D eigenvalue weighted by Gasteiger charge is 2.23. The van der Waals surface area contributed by atoms with Crippen molar-refractivity contribution in [3.63, 3.8) is 0 Å². The Labute approximate surface area is 123 Å². The van der Waals surface area contributed by atoms with Gasteiger partial charge in [0.05, 0.1) is 11.1 Å². The van der Waals surface area contributed by atoms with Crippen LogP contribution in [0.1, 0.15) is 25.7 Å². The van der Waals surface area contributed by atoms with Crippen molar-refractivity contribution in [2.45, 2.75) is 36.7 Å². The first-order valence-electron chi connectivity index (χ1n) is 6.51. The van der Waals surface area contributed by atoms with E-state index in [9.17, 15) is 17.9 Å². The van der Waals surface area contributed by atoms with Gasteiger partial charge in [-0.1, -0.05) is 18.0 Å². The van der Waals surface area contributed by atoms with Gasteiger partial charge in [0.2, 0.25) is 10.0 Å². The summed E-state index contributed by atoms with van der Waals surface area (Å²) in [4.78, 5) is -0.128. The highest BCUT2D eigenvalue weighted by molar-refractivity contribution is 7.89. The van der Waals surface area contributed by atoms with E-state index in [2.05, 4.69) is 4.72 Å². The van der Waals surface area contributed by atoms with Crippen molar-refractivity contribution in [1.29, 1.82) is 0 Å². The van der Waals surface area contributed by atoms with E-state index in [4.69, 9.17) is 11.6 Å². The SMILES string of the molecule is O=S(=O)(NCC1CCCC(O)C1)c1ccc(F)cc1Cl. The van der Waals surface area contributed by atoms with Gasteiger partial charge in [-0.2, -0.15) is 0 Å². The van der Waals surface area contributed by atoms with Crippen molar-refractivity contribution in [3.8, 4) is 0 Å². The molecule has 4 nitrogen and oxygen atoms in total. The van der Waals surface area contributed by atoms with E-state index in [-0.39, 0.29) is 28.5 Å². The molecule has 1 fully saturated rings. The van der Waals surface area contributed by atoms with Gasteiger partial charge in [0.25, 0.3) is 0 Å². The van der Waals surface area contributed by atoms with Crippen LogP contribution in [-0.4, -0.2) is 26.2 Å². The van der Waals surface area contributed by atoms with E-state index in [0.717, 1.165) is 37.5 Å². The maximum atomic E-state index is 12.9. The van der Waals surface area contributed by atoms with E-state index in [1.54, 1.807) is 0 Å². The predicted molar refractivity (Wildman–Crippen MR) is 74.6 cm³/mol. The number of rotatable bonds is 4. The van der Waals surface area contributed by atoms with Crippen molar-refractivity contribution < 1.29 is 17.9 Å². The summed E-state index contributed by atoms with van der Waals surface area (Å²) in [5, 5.41) is 9.42. The molecule has 1 aromatic rings. The number of nitrogens with one attached hydrogen (secondary N) is 1. The Hall–Kier alpha value is -0.690.